The van der Waals surface area contributed by atoms with Gasteiger partial charge in [0.1, 0.15) is 0 Å². The highest BCUT2D eigenvalue weighted by Crippen LogP contribution is 2.62. The van der Waals surface area contributed by atoms with Crippen LogP contribution in [0.25, 0.3) is 0 Å². The molecule has 0 saturated heterocycles. The van der Waals surface area contributed by atoms with Gasteiger partial charge in [-0.05, 0) is 42.9 Å². The van der Waals surface area contributed by atoms with Gasteiger partial charge in [0, 0.05) is 23.4 Å². The average Bonchev–Trinajstić information content (AvgIpc) is 2.73. The summed E-state index contributed by atoms with van der Waals surface area (Å²) in [4.78, 5) is 0. The number of hydrogen-bond acceptors (Lipinski definition) is 4. The molecule has 9 unspecified atom stereocenters. The predicted molar refractivity (Wildman–Crippen MR) is 121 cm³/mol. The molecule has 40 heavy (non-hydrogen) atoms. The van der Waals surface area contributed by atoms with Gasteiger partial charge in [-0.25, -0.2) is 0 Å². The molecule has 0 aromatic rings. The van der Waals surface area contributed by atoms with E-state index in [4.69, 9.17) is 11.5 Å². The third-order valence-electron chi connectivity index (χ3n) is 9.44. The van der Waals surface area contributed by atoms with Gasteiger partial charge in [0.2, 0.25) is 0 Å². The summed E-state index contributed by atoms with van der Waals surface area (Å²) in [6.07, 6.45) is -27.4. The summed E-state index contributed by atoms with van der Waals surface area (Å²) < 4.78 is 166. The first kappa shape index (κ1) is 37.0. The minimum absolute atomic E-state index is 0.107. The molecule has 240 valence electrons. The topological polar surface area (TPSA) is 92.5 Å². The van der Waals surface area contributed by atoms with E-state index in [0.717, 1.165) is 13.8 Å². The second-order valence-electron chi connectivity index (χ2n) is 11.5. The molecule has 0 spiro atoms. The Bertz CT molecular complexity index is 830. The van der Waals surface area contributed by atoms with Gasteiger partial charge in [0.15, 0.2) is 5.60 Å². The lowest BCUT2D eigenvalue weighted by Crippen LogP contribution is -2.74. The third kappa shape index (κ3) is 6.34. The smallest absolute Gasteiger partial charge is 0.380 e. The molecule has 1 rings (SSSR count). The lowest BCUT2D eigenvalue weighted by atomic mass is 9.50. The Hall–Kier alpha value is -1.00. The van der Waals surface area contributed by atoms with E-state index in [1.807, 2.05) is 0 Å². The lowest BCUT2D eigenvalue weighted by molar-refractivity contribution is -0.414. The van der Waals surface area contributed by atoms with Crippen LogP contribution in [0.3, 0.4) is 0 Å². The number of nitrogens with two attached hydrogens (primary N) is 2. The van der Waals surface area contributed by atoms with Crippen molar-refractivity contribution >= 4 is 0 Å². The SMILES string of the molecule is CCCC(N)C(C(C)C(C)C1CCC(N)C(C)(C(O)(C(F)(F)F)C(F)(F)F)C1C)C(O)(CC(F)(F)F)C(F)(F)F. The van der Waals surface area contributed by atoms with E-state index in [0.29, 0.717) is 6.92 Å². The molecule has 1 fully saturated rings. The summed E-state index contributed by atoms with van der Waals surface area (Å²) in [5.41, 5.74) is -1.16. The number of alkyl halides is 12. The fourth-order valence-corrected chi connectivity index (χ4v) is 6.91. The Morgan fingerprint density at radius 3 is 1.65 bits per heavy atom. The van der Waals surface area contributed by atoms with Crippen molar-refractivity contribution in [2.75, 3.05) is 0 Å². The molecule has 0 bridgehead atoms. The van der Waals surface area contributed by atoms with Crippen molar-refractivity contribution in [2.45, 2.75) is 115 Å². The molecule has 6 N–H and O–H groups in total. The minimum atomic E-state index is -6.25. The van der Waals surface area contributed by atoms with E-state index < -0.39 is 95.8 Å². The van der Waals surface area contributed by atoms with Crippen LogP contribution in [-0.2, 0) is 0 Å². The molecule has 0 heterocycles. The molecule has 1 saturated carbocycles. The first-order valence-corrected chi connectivity index (χ1v) is 12.8. The standard InChI is InChI=1S/C24H38F12N2O2/c1-6-7-15(37)17(19(39,22(28,29)30)10-20(25,26)27)12(3)11(2)14-8-9-16(38)18(5,13(14)4)21(40,23(31,32)33)24(34,35)36/h11-17,39-40H,6-10,37-38H2,1-5H3. The van der Waals surface area contributed by atoms with Gasteiger partial charge in [0.25, 0.3) is 5.60 Å². The van der Waals surface area contributed by atoms with Crippen molar-refractivity contribution in [1.29, 1.82) is 0 Å². The Morgan fingerprint density at radius 1 is 0.850 bits per heavy atom. The van der Waals surface area contributed by atoms with Crippen LogP contribution in [0.2, 0.25) is 0 Å². The van der Waals surface area contributed by atoms with Crippen LogP contribution in [0.4, 0.5) is 52.7 Å². The quantitative estimate of drug-likeness (QED) is 0.224. The number of aliphatic hydroxyl groups is 2. The molecule has 1 aliphatic carbocycles. The van der Waals surface area contributed by atoms with Crippen molar-refractivity contribution in [2.24, 2.45) is 46.5 Å². The monoisotopic (exact) mass is 614 g/mol. The fraction of sp³-hybridized carbons (Fsp3) is 1.00. The third-order valence-corrected chi connectivity index (χ3v) is 9.44. The van der Waals surface area contributed by atoms with Crippen LogP contribution in [0.15, 0.2) is 0 Å². The summed E-state index contributed by atoms with van der Waals surface area (Å²) in [7, 11) is 0. The molecular weight excluding hydrogens is 576 g/mol. The van der Waals surface area contributed by atoms with E-state index in [1.165, 1.54) is 13.8 Å². The second kappa shape index (κ2) is 11.6. The van der Waals surface area contributed by atoms with E-state index in [-0.39, 0.29) is 19.3 Å². The lowest BCUT2D eigenvalue weighted by Gasteiger charge is -2.58. The molecule has 9 atom stereocenters. The molecule has 0 aromatic carbocycles. The molecule has 0 radical (unpaired) electrons. The maximum atomic E-state index is 14.1. The molecule has 0 amide bonds. The average molecular weight is 615 g/mol. The summed E-state index contributed by atoms with van der Waals surface area (Å²) in [6.45, 7) is 5.15. The largest absolute Gasteiger partial charge is 0.426 e. The summed E-state index contributed by atoms with van der Waals surface area (Å²) in [5.74, 6) is -8.22. The number of rotatable bonds is 9. The van der Waals surface area contributed by atoms with E-state index in [9.17, 15) is 62.9 Å². The predicted octanol–water partition coefficient (Wildman–Crippen LogP) is 6.48. The van der Waals surface area contributed by atoms with Gasteiger partial charge in [-0.2, -0.15) is 52.7 Å². The van der Waals surface area contributed by atoms with E-state index in [1.54, 1.807) is 0 Å². The van der Waals surface area contributed by atoms with Gasteiger partial charge in [-0.1, -0.05) is 41.0 Å². The summed E-state index contributed by atoms with van der Waals surface area (Å²) >= 11 is 0. The highest BCUT2D eigenvalue weighted by atomic mass is 19.4. The molecule has 1 aliphatic rings. The minimum Gasteiger partial charge on any atom is -0.380 e. The fourth-order valence-electron chi connectivity index (χ4n) is 6.91. The van der Waals surface area contributed by atoms with Crippen LogP contribution < -0.4 is 11.5 Å². The van der Waals surface area contributed by atoms with Crippen LogP contribution in [-0.4, -0.2) is 58.2 Å². The van der Waals surface area contributed by atoms with Crippen molar-refractivity contribution in [3.05, 3.63) is 0 Å². The van der Waals surface area contributed by atoms with Gasteiger partial charge < -0.3 is 21.7 Å². The second-order valence-corrected chi connectivity index (χ2v) is 11.5. The number of halogens is 12. The highest BCUT2D eigenvalue weighted by molar-refractivity contribution is 5.15. The van der Waals surface area contributed by atoms with Crippen molar-refractivity contribution in [3.8, 4) is 0 Å². The van der Waals surface area contributed by atoms with Crippen LogP contribution in [0, 0.1) is 35.0 Å². The molecule has 16 heteroatoms. The van der Waals surface area contributed by atoms with Crippen molar-refractivity contribution in [3.63, 3.8) is 0 Å². The van der Waals surface area contributed by atoms with Crippen molar-refractivity contribution < 1.29 is 62.9 Å². The Labute approximate surface area is 224 Å². The zero-order valence-electron chi connectivity index (χ0n) is 22.7. The molecule has 0 aliphatic heterocycles. The highest BCUT2D eigenvalue weighted by Gasteiger charge is 2.80. The van der Waals surface area contributed by atoms with Gasteiger partial charge in [0.05, 0.1) is 6.42 Å². The van der Waals surface area contributed by atoms with Crippen LogP contribution in [0.5, 0.6) is 0 Å². The maximum Gasteiger partial charge on any atom is 0.426 e. The Kier molecular flexibility index (Phi) is 10.7. The Balaban J connectivity index is 3.76. The summed E-state index contributed by atoms with van der Waals surface area (Å²) in [6, 6.07) is -3.52. The summed E-state index contributed by atoms with van der Waals surface area (Å²) in [5, 5.41) is 20.9. The zero-order chi connectivity index (χ0) is 32.1. The van der Waals surface area contributed by atoms with Crippen LogP contribution >= 0.6 is 0 Å². The normalized spacial score (nSPS) is 30.4. The first-order valence-electron chi connectivity index (χ1n) is 12.8. The molecular formula is C24H38F12N2O2. The van der Waals surface area contributed by atoms with E-state index in [2.05, 4.69) is 0 Å². The Morgan fingerprint density at radius 2 is 1.30 bits per heavy atom. The zero-order valence-corrected chi connectivity index (χ0v) is 22.7. The van der Waals surface area contributed by atoms with Gasteiger partial charge >= 0.3 is 24.7 Å². The maximum absolute atomic E-state index is 14.1. The van der Waals surface area contributed by atoms with E-state index >= 15 is 0 Å². The van der Waals surface area contributed by atoms with Gasteiger partial charge in [-0.3, -0.25) is 0 Å². The first-order chi connectivity index (χ1) is 17.6. The molecule has 4 nitrogen and oxygen atoms in total. The van der Waals surface area contributed by atoms with Crippen molar-refractivity contribution in [1.82, 2.24) is 0 Å². The van der Waals surface area contributed by atoms with Gasteiger partial charge in [-0.15, -0.1) is 0 Å². The van der Waals surface area contributed by atoms with Crippen LogP contribution in [0.1, 0.15) is 66.7 Å². The molecule has 0 aromatic heterocycles. The number of hydrogen-bond donors (Lipinski definition) is 4.